The Balaban J connectivity index is 1.30. The summed E-state index contributed by atoms with van der Waals surface area (Å²) in [6.07, 6.45) is 6.66. The van der Waals surface area contributed by atoms with Crippen LogP contribution in [0.4, 0.5) is 5.13 Å². The maximum absolute atomic E-state index is 5.80. The molecule has 0 radical (unpaired) electrons. The summed E-state index contributed by atoms with van der Waals surface area (Å²) in [6.45, 7) is 7.43. The number of aryl methyl sites for hydroxylation is 1. The van der Waals surface area contributed by atoms with E-state index >= 15 is 0 Å². The van der Waals surface area contributed by atoms with Gasteiger partial charge in [-0.25, -0.2) is 4.98 Å². The first-order valence-corrected chi connectivity index (χ1v) is 12.6. The molecule has 3 heterocycles. The molecule has 4 rings (SSSR count). The fourth-order valence-electron chi connectivity index (χ4n) is 3.97. The lowest BCUT2D eigenvalue weighted by atomic mass is 10.1. The minimum absolute atomic E-state index is 0.346. The van der Waals surface area contributed by atoms with E-state index in [9.17, 15) is 0 Å². The Morgan fingerprint density at radius 3 is 2.85 bits per heavy atom. The molecule has 9 nitrogen and oxygen atoms in total. The van der Waals surface area contributed by atoms with Crippen molar-refractivity contribution in [3.05, 3.63) is 47.7 Å². The summed E-state index contributed by atoms with van der Waals surface area (Å²) in [5.74, 6) is 1.47. The van der Waals surface area contributed by atoms with Crippen molar-refractivity contribution in [2.75, 3.05) is 38.6 Å². The van der Waals surface area contributed by atoms with Crippen LogP contribution in [0.3, 0.4) is 0 Å². The molecule has 1 atom stereocenters. The normalized spacial score (nSPS) is 16.2. The smallest absolute Gasteiger partial charge is 0.203 e. The zero-order chi connectivity index (χ0) is 23.8. The second-order valence-electron chi connectivity index (χ2n) is 8.45. The predicted octanol–water partition coefficient (Wildman–Crippen LogP) is 2.26. The number of hydrogen-bond donors (Lipinski definition) is 3. The van der Waals surface area contributed by atoms with Gasteiger partial charge in [0.1, 0.15) is 23.8 Å². The first-order valence-electron chi connectivity index (χ1n) is 11.7. The predicted molar refractivity (Wildman–Crippen MR) is 135 cm³/mol. The lowest BCUT2D eigenvalue weighted by Crippen LogP contribution is -2.45. The molecule has 0 amide bonds. The Hall–Kier alpha value is -2.95. The van der Waals surface area contributed by atoms with Crippen LogP contribution in [0.2, 0.25) is 0 Å². The minimum Gasteiger partial charge on any atom is -0.490 e. The molecule has 0 bridgehead atoms. The van der Waals surface area contributed by atoms with Gasteiger partial charge < -0.3 is 26.4 Å². The van der Waals surface area contributed by atoms with E-state index in [1.54, 1.807) is 0 Å². The summed E-state index contributed by atoms with van der Waals surface area (Å²) in [7, 11) is 0. The molecule has 2 aromatic heterocycles. The molecule has 1 fully saturated rings. The van der Waals surface area contributed by atoms with Crippen LogP contribution in [-0.2, 0) is 17.9 Å². The molecular formula is C24H34N7O2S+. The van der Waals surface area contributed by atoms with Gasteiger partial charge in [0, 0.05) is 17.8 Å². The fourth-order valence-corrected chi connectivity index (χ4v) is 4.58. The Morgan fingerprint density at radius 2 is 2.15 bits per heavy atom. The van der Waals surface area contributed by atoms with E-state index < -0.39 is 0 Å². The number of thiazole rings is 1. The van der Waals surface area contributed by atoms with Crippen molar-refractivity contribution >= 4 is 22.2 Å². The number of oxime groups is 1. The highest BCUT2D eigenvalue weighted by Crippen LogP contribution is 2.22. The van der Waals surface area contributed by atoms with Crippen LogP contribution in [-0.4, -0.2) is 48.2 Å². The molecule has 10 heteroatoms. The standard InChI is InChI=1S/C24H34N7O2S/c1-18(23-17-34-24(26)28-23)29-33-12-11-32-22-5-3-20(4-6-22)21-15-30(10-2-8-25)31(16-21)14-19-7-9-27-13-19/h3-6,15-17,19,27H,2,7-14,25H2,1H3,(H2,26,28)/q+1/b29-18+. The van der Waals surface area contributed by atoms with Crippen molar-refractivity contribution in [2.24, 2.45) is 16.8 Å². The van der Waals surface area contributed by atoms with Crippen LogP contribution < -0.4 is 26.2 Å². The Kier molecular flexibility index (Phi) is 8.51. The zero-order valence-electron chi connectivity index (χ0n) is 19.7. The Labute approximate surface area is 204 Å². The highest BCUT2D eigenvalue weighted by molar-refractivity contribution is 7.13. The van der Waals surface area contributed by atoms with Crippen LogP contribution in [0, 0.1) is 5.92 Å². The van der Waals surface area contributed by atoms with Gasteiger partial charge in [-0.1, -0.05) is 17.3 Å². The molecule has 0 saturated carbocycles. The van der Waals surface area contributed by atoms with Crippen LogP contribution >= 0.6 is 11.3 Å². The summed E-state index contributed by atoms with van der Waals surface area (Å²) in [5.41, 5.74) is 15.2. The largest absolute Gasteiger partial charge is 0.490 e. The number of anilines is 1. The molecule has 1 aliphatic rings. The summed E-state index contributed by atoms with van der Waals surface area (Å²) >= 11 is 1.38. The number of nitrogens with two attached hydrogens (primary N) is 2. The Bertz CT molecular complexity index is 1070. The molecule has 5 N–H and O–H groups in total. The van der Waals surface area contributed by atoms with Crippen molar-refractivity contribution in [1.29, 1.82) is 0 Å². The van der Waals surface area contributed by atoms with Crippen LogP contribution in [0.1, 0.15) is 25.5 Å². The van der Waals surface area contributed by atoms with E-state index in [1.807, 2.05) is 24.4 Å². The molecular weight excluding hydrogens is 450 g/mol. The average Bonchev–Trinajstić information content (AvgIpc) is 3.60. The number of ether oxygens (including phenoxy) is 1. The Morgan fingerprint density at radius 1 is 1.29 bits per heavy atom. The third-order valence-electron chi connectivity index (χ3n) is 5.83. The second-order valence-corrected chi connectivity index (χ2v) is 9.34. The quantitative estimate of drug-likeness (QED) is 0.157. The van der Waals surface area contributed by atoms with E-state index in [2.05, 4.69) is 49.3 Å². The number of aromatic nitrogens is 3. The highest BCUT2D eigenvalue weighted by atomic mass is 32.1. The lowest BCUT2D eigenvalue weighted by Gasteiger charge is -2.06. The molecule has 34 heavy (non-hydrogen) atoms. The third kappa shape index (κ3) is 6.55. The van der Waals surface area contributed by atoms with E-state index in [1.165, 1.54) is 23.3 Å². The van der Waals surface area contributed by atoms with Gasteiger partial charge in [-0.3, -0.25) is 0 Å². The van der Waals surface area contributed by atoms with Crippen LogP contribution in [0.25, 0.3) is 11.1 Å². The SMILES string of the molecule is C/C(=N\OCCOc1ccc(-c2cn(CCCN)[n+](CC3CCNC3)c2)cc1)c1csc(N)n1. The zero-order valence-corrected chi connectivity index (χ0v) is 20.5. The van der Waals surface area contributed by atoms with Gasteiger partial charge in [-0.2, -0.15) is 4.68 Å². The van der Waals surface area contributed by atoms with Crippen molar-refractivity contribution in [2.45, 2.75) is 32.9 Å². The van der Waals surface area contributed by atoms with E-state index in [0.29, 0.717) is 36.5 Å². The number of rotatable bonds is 12. The maximum atomic E-state index is 5.80. The van der Waals surface area contributed by atoms with Gasteiger partial charge in [0.2, 0.25) is 6.20 Å². The first-order chi connectivity index (χ1) is 16.6. The second kappa shape index (κ2) is 12.0. The molecule has 1 aromatic carbocycles. The van der Waals surface area contributed by atoms with Crippen LogP contribution in [0.15, 0.2) is 47.2 Å². The lowest BCUT2D eigenvalue weighted by molar-refractivity contribution is -0.780. The number of hydrogen-bond acceptors (Lipinski definition) is 8. The molecule has 1 saturated heterocycles. The van der Waals surface area contributed by atoms with E-state index in [-0.39, 0.29) is 0 Å². The highest BCUT2D eigenvalue weighted by Gasteiger charge is 2.23. The summed E-state index contributed by atoms with van der Waals surface area (Å²) < 4.78 is 10.4. The molecule has 182 valence electrons. The van der Waals surface area contributed by atoms with E-state index in [4.69, 9.17) is 21.0 Å². The van der Waals surface area contributed by atoms with Crippen LogP contribution in [0.5, 0.6) is 5.75 Å². The summed E-state index contributed by atoms with van der Waals surface area (Å²) in [5, 5.41) is 9.90. The van der Waals surface area contributed by atoms with Gasteiger partial charge in [0.25, 0.3) is 0 Å². The maximum Gasteiger partial charge on any atom is 0.203 e. The first kappa shape index (κ1) is 24.2. The van der Waals surface area contributed by atoms with Gasteiger partial charge in [-0.15, -0.1) is 16.0 Å². The van der Waals surface area contributed by atoms with Gasteiger partial charge in [-0.05, 0) is 50.6 Å². The third-order valence-corrected chi connectivity index (χ3v) is 6.50. The van der Waals surface area contributed by atoms with Gasteiger partial charge in [0.05, 0.1) is 18.3 Å². The molecule has 1 aliphatic heterocycles. The minimum atomic E-state index is 0.346. The molecule has 1 unspecified atom stereocenters. The number of nitrogens with one attached hydrogen (secondary N) is 1. The van der Waals surface area contributed by atoms with Crippen molar-refractivity contribution < 1.29 is 14.3 Å². The van der Waals surface area contributed by atoms with Crippen molar-refractivity contribution in [3.8, 4) is 16.9 Å². The summed E-state index contributed by atoms with van der Waals surface area (Å²) in [6, 6.07) is 8.17. The molecule has 0 aliphatic carbocycles. The molecule has 3 aromatic rings. The monoisotopic (exact) mass is 484 g/mol. The van der Waals surface area contributed by atoms with Crippen molar-refractivity contribution in [1.82, 2.24) is 15.0 Å². The van der Waals surface area contributed by atoms with Gasteiger partial charge >= 0.3 is 0 Å². The number of benzene rings is 1. The average molecular weight is 485 g/mol. The fraction of sp³-hybridized carbons (Fsp3) is 0.458. The summed E-state index contributed by atoms with van der Waals surface area (Å²) in [4.78, 5) is 9.52. The van der Waals surface area contributed by atoms with Crippen molar-refractivity contribution in [3.63, 3.8) is 0 Å². The molecule has 0 spiro atoms. The number of nitrogen functional groups attached to an aromatic ring is 1. The number of nitrogens with zero attached hydrogens (tertiary/aromatic N) is 4. The van der Waals surface area contributed by atoms with E-state index in [0.717, 1.165) is 49.6 Å². The topological polar surface area (TPSA) is 117 Å². The van der Waals surface area contributed by atoms with Gasteiger partial charge in [0.15, 0.2) is 18.3 Å².